The van der Waals surface area contributed by atoms with Crippen LogP contribution in [0.2, 0.25) is 0 Å². The zero-order valence-corrected chi connectivity index (χ0v) is 10.6. The molecule has 0 spiro atoms. The Morgan fingerprint density at radius 1 is 1.35 bits per heavy atom. The van der Waals surface area contributed by atoms with Crippen molar-refractivity contribution in [2.24, 2.45) is 5.73 Å². The standard InChI is InChI=1S/C12H22N2O3/c1-11(2,8-10(16)17)14-9(15)7-12(13)5-3-4-6-12/h3-8,13H2,1-2H3,(H,14,15)(H,16,17). The van der Waals surface area contributed by atoms with Crippen molar-refractivity contribution in [1.82, 2.24) is 5.32 Å². The van der Waals surface area contributed by atoms with Crippen molar-refractivity contribution in [2.45, 2.75) is 63.5 Å². The number of carboxylic acids is 1. The first-order valence-corrected chi connectivity index (χ1v) is 6.04. The van der Waals surface area contributed by atoms with Gasteiger partial charge < -0.3 is 16.2 Å². The van der Waals surface area contributed by atoms with Crippen LogP contribution < -0.4 is 11.1 Å². The molecule has 0 aliphatic heterocycles. The predicted molar refractivity (Wildman–Crippen MR) is 64.5 cm³/mol. The topological polar surface area (TPSA) is 92.4 Å². The van der Waals surface area contributed by atoms with Gasteiger partial charge in [0.25, 0.3) is 0 Å². The largest absolute Gasteiger partial charge is 0.481 e. The highest BCUT2D eigenvalue weighted by Gasteiger charge is 2.33. The molecule has 0 heterocycles. The lowest BCUT2D eigenvalue weighted by Crippen LogP contribution is -2.49. The first-order chi connectivity index (χ1) is 7.72. The summed E-state index contributed by atoms with van der Waals surface area (Å²) in [7, 11) is 0. The fourth-order valence-corrected chi connectivity index (χ4v) is 2.42. The van der Waals surface area contributed by atoms with E-state index in [1.807, 2.05) is 0 Å². The number of carbonyl (C=O) groups is 2. The molecular formula is C12H22N2O3. The molecule has 0 aromatic carbocycles. The molecule has 0 bridgehead atoms. The van der Waals surface area contributed by atoms with Gasteiger partial charge in [0.1, 0.15) is 0 Å². The van der Waals surface area contributed by atoms with Gasteiger partial charge in [-0.15, -0.1) is 0 Å². The third kappa shape index (κ3) is 4.73. The summed E-state index contributed by atoms with van der Waals surface area (Å²) < 4.78 is 0. The van der Waals surface area contributed by atoms with Crippen molar-refractivity contribution >= 4 is 11.9 Å². The highest BCUT2D eigenvalue weighted by atomic mass is 16.4. The van der Waals surface area contributed by atoms with Crippen LogP contribution in [-0.2, 0) is 9.59 Å². The fraction of sp³-hybridized carbons (Fsp3) is 0.833. The van der Waals surface area contributed by atoms with Gasteiger partial charge in [-0.25, -0.2) is 0 Å². The summed E-state index contributed by atoms with van der Waals surface area (Å²) in [6, 6.07) is 0. The SMILES string of the molecule is CC(C)(CC(=O)O)NC(=O)CC1(N)CCCC1. The molecule has 0 saturated heterocycles. The molecule has 4 N–H and O–H groups in total. The first kappa shape index (κ1) is 14.0. The maximum Gasteiger partial charge on any atom is 0.305 e. The molecule has 0 aromatic heterocycles. The molecule has 17 heavy (non-hydrogen) atoms. The zero-order valence-electron chi connectivity index (χ0n) is 10.6. The summed E-state index contributed by atoms with van der Waals surface area (Å²) in [5.41, 5.74) is 4.99. The van der Waals surface area contributed by atoms with Gasteiger partial charge in [-0.2, -0.15) is 0 Å². The highest BCUT2D eigenvalue weighted by molar-refractivity contribution is 5.79. The number of hydrogen-bond acceptors (Lipinski definition) is 3. The van der Waals surface area contributed by atoms with E-state index in [-0.39, 0.29) is 24.3 Å². The molecule has 0 unspecified atom stereocenters. The molecule has 1 saturated carbocycles. The highest BCUT2D eigenvalue weighted by Crippen LogP contribution is 2.30. The second-order valence-corrected chi connectivity index (χ2v) is 5.75. The summed E-state index contributed by atoms with van der Waals surface area (Å²) in [6.45, 7) is 3.41. The summed E-state index contributed by atoms with van der Waals surface area (Å²) in [5.74, 6) is -1.07. The van der Waals surface area contributed by atoms with E-state index in [9.17, 15) is 9.59 Å². The quantitative estimate of drug-likeness (QED) is 0.671. The van der Waals surface area contributed by atoms with Crippen molar-refractivity contribution in [3.63, 3.8) is 0 Å². The second kappa shape index (κ2) is 5.04. The van der Waals surface area contributed by atoms with Crippen LogP contribution in [0.5, 0.6) is 0 Å². The summed E-state index contributed by atoms with van der Waals surface area (Å²) in [4.78, 5) is 22.4. The lowest BCUT2D eigenvalue weighted by molar-refractivity contribution is -0.138. The lowest BCUT2D eigenvalue weighted by Gasteiger charge is -2.28. The average Bonchev–Trinajstić information content (AvgIpc) is 2.46. The van der Waals surface area contributed by atoms with Crippen LogP contribution in [-0.4, -0.2) is 28.1 Å². The number of nitrogens with one attached hydrogen (secondary N) is 1. The monoisotopic (exact) mass is 242 g/mol. The predicted octanol–water partition coefficient (Wildman–Crippen LogP) is 1.02. The minimum atomic E-state index is -0.918. The van der Waals surface area contributed by atoms with Crippen LogP contribution in [0.1, 0.15) is 52.4 Å². The van der Waals surface area contributed by atoms with Gasteiger partial charge in [-0.3, -0.25) is 9.59 Å². The van der Waals surface area contributed by atoms with E-state index in [4.69, 9.17) is 10.8 Å². The van der Waals surface area contributed by atoms with Crippen LogP contribution in [0.15, 0.2) is 0 Å². The third-order valence-electron chi connectivity index (χ3n) is 3.18. The van der Waals surface area contributed by atoms with Crippen LogP contribution in [0.3, 0.4) is 0 Å². The minimum absolute atomic E-state index is 0.0870. The summed E-state index contributed by atoms with van der Waals surface area (Å²) in [6.07, 6.45) is 4.09. The Kier molecular flexibility index (Phi) is 4.14. The molecule has 1 rings (SSSR count). The van der Waals surface area contributed by atoms with Crippen LogP contribution >= 0.6 is 0 Å². The number of nitrogens with two attached hydrogens (primary N) is 1. The first-order valence-electron chi connectivity index (χ1n) is 6.04. The van der Waals surface area contributed by atoms with Crippen molar-refractivity contribution in [1.29, 1.82) is 0 Å². The maximum atomic E-state index is 11.8. The molecule has 5 heteroatoms. The number of hydrogen-bond donors (Lipinski definition) is 3. The third-order valence-corrected chi connectivity index (χ3v) is 3.18. The number of carbonyl (C=O) groups excluding carboxylic acids is 1. The van der Waals surface area contributed by atoms with Gasteiger partial charge >= 0.3 is 5.97 Å². The molecule has 1 aliphatic carbocycles. The van der Waals surface area contributed by atoms with Crippen molar-refractivity contribution in [3.8, 4) is 0 Å². The van der Waals surface area contributed by atoms with Gasteiger partial charge in [0, 0.05) is 17.5 Å². The Labute approximate surface area is 102 Å². The molecular weight excluding hydrogens is 220 g/mol. The Hall–Kier alpha value is -1.10. The van der Waals surface area contributed by atoms with Crippen molar-refractivity contribution < 1.29 is 14.7 Å². The smallest absolute Gasteiger partial charge is 0.305 e. The van der Waals surface area contributed by atoms with Gasteiger partial charge in [-0.05, 0) is 26.7 Å². The molecule has 1 aliphatic rings. The van der Waals surface area contributed by atoms with Gasteiger partial charge in [0.15, 0.2) is 0 Å². The Morgan fingerprint density at radius 3 is 2.35 bits per heavy atom. The van der Waals surface area contributed by atoms with E-state index < -0.39 is 11.5 Å². The molecule has 0 aromatic rings. The normalized spacial score (nSPS) is 19.0. The fourth-order valence-electron chi connectivity index (χ4n) is 2.42. The van der Waals surface area contributed by atoms with Crippen molar-refractivity contribution in [2.75, 3.05) is 0 Å². The molecule has 1 fully saturated rings. The number of carboxylic acid groups (broad SMARTS) is 1. The Morgan fingerprint density at radius 2 is 1.88 bits per heavy atom. The molecule has 98 valence electrons. The number of amides is 1. The Bertz CT molecular complexity index is 307. The summed E-state index contributed by atoms with van der Waals surface area (Å²) >= 11 is 0. The van der Waals surface area contributed by atoms with Crippen LogP contribution in [0.25, 0.3) is 0 Å². The molecule has 1 amide bonds. The molecule has 0 atom stereocenters. The van der Waals surface area contributed by atoms with Crippen LogP contribution in [0, 0.1) is 0 Å². The maximum absolute atomic E-state index is 11.8. The molecule has 5 nitrogen and oxygen atoms in total. The molecule has 0 radical (unpaired) electrons. The van der Waals surface area contributed by atoms with Crippen LogP contribution in [0.4, 0.5) is 0 Å². The number of rotatable bonds is 5. The average molecular weight is 242 g/mol. The zero-order chi connectivity index (χ0) is 13.1. The van der Waals surface area contributed by atoms with E-state index in [0.717, 1.165) is 25.7 Å². The van der Waals surface area contributed by atoms with Crippen molar-refractivity contribution in [3.05, 3.63) is 0 Å². The van der Waals surface area contributed by atoms with E-state index in [1.54, 1.807) is 13.8 Å². The van der Waals surface area contributed by atoms with E-state index in [0.29, 0.717) is 0 Å². The lowest BCUT2D eigenvalue weighted by atomic mass is 9.93. The summed E-state index contributed by atoms with van der Waals surface area (Å²) in [5, 5.41) is 11.5. The van der Waals surface area contributed by atoms with E-state index in [2.05, 4.69) is 5.32 Å². The van der Waals surface area contributed by atoms with Gasteiger partial charge in [-0.1, -0.05) is 12.8 Å². The second-order valence-electron chi connectivity index (χ2n) is 5.75. The van der Waals surface area contributed by atoms with Gasteiger partial charge in [0.05, 0.1) is 6.42 Å². The minimum Gasteiger partial charge on any atom is -0.481 e. The number of aliphatic carboxylic acids is 1. The Balaban J connectivity index is 2.46. The van der Waals surface area contributed by atoms with E-state index >= 15 is 0 Å². The van der Waals surface area contributed by atoms with E-state index in [1.165, 1.54) is 0 Å². The van der Waals surface area contributed by atoms with Gasteiger partial charge in [0.2, 0.25) is 5.91 Å².